The van der Waals surface area contributed by atoms with Crippen molar-refractivity contribution in [3.63, 3.8) is 0 Å². The summed E-state index contributed by atoms with van der Waals surface area (Å²) in [4.78, 5) is 1.69. The highest BCUT2D eigenvalue weighted by molar-refractivity contribution is 5.51. The molecule has 0 spiro atoms. The smallest absolute Gasteiger partial charge is 0.149 e. The number of rotatable bonds is 8. The molecule has 0 aromatic heterocycles. The average Bonchev–Trinajstić information content (AvgIpc) is 2.38. The third-order valence-electron chi connectivity index (χ3n) is 3.10. The standard InChI is InChI=1S/C15H24F2N2O/c1-5-18-10-12-8-13(16)15(14(17)9-12)19(11(2)3)6-7-20-4/h8-9,11,18H,5-7,10H2,1-4H3. The van der Waals surface area contributed by atoms with Crippen LogP contribution in [0.1, 0.15) is 26.3 Å². The molecular formula is C15H24F2N2O. The van der Waals surface area contributed by atoms with Gasteiger partial charge in [-0.2, -0.15) is 0 Å². The summed E-state index contributed by atoms with van der Waals surface area (Å²) in [5, 5.41) is 3.06. The number of anilines is 1. The lowest BCUT2D eigenvalue weighted by atomic mass is 10.1. The molecule has 1 N–H and O–H groups in total. The van der Waals surface area contributed by atoms with Gasteiger partial charge in [0.1, 0.15) is 17.3 Å². The van der Waals surface area contributed by atoms with Crippen LogP contribution in [0.2, 0.25) is 0 Å². The fraction of sp³-hybridized carbons (Fsp3) is 0.600. The van der Waals surface area contributed by atoms with Crippen molar-refractivity contribution in [2.24, 2.45) is 0 Å². The minimum absolute atomic E-state index is 0.00577. The molecule has 0 amide bonds. The van der Waals surface area contributed by atoms with Crippen molar-refractivity contribution in [1.82, 2.24) is 5.32 Å². The number of nitrogens with zero attached hydrogens (tertiary/aromatic N) is 1. The van der Waals surface area contributed by atoms with Gasteiger partial charge in [0.2, 0.25) is 0 Å². The van der Waals surface area contributed by atoms with E-state index >= 15 is 0 Å². The molecule has 0 aliphatic rings. The number of hydrogen-bond donors (Lipinski definition) is 1. The lowest BCUT2D eigenvalue weighted by Gasteiger charge is -2.29. The van der Waals surface area contributed by atoms with Crippen molar-refractivity contribution in [3.05, 3.63) is 29.3 Å². The predicted octanol–water partition coefficient (Wildman–Crippen LogP) is 2.94. The Hall–Kier alpha value is -1.20. The Morgan fingerprint density at radius 1 is 1.25 bits per heavy atom. The van der Waals surface area contributed by atoms with Gasteiger partial charge in [0.25, 0.3) is 0 Å². The summed E-state index contributed by atoms with van der Waals surface area (Å²) in [7, 11) is 1.57. The average molecular weight is 286 g/mol. The third kappa shape index (κ3) is 4.42. The Balaban J connectivity index is 3.03. The van der Waals surface area contributed by atoms with Crippen LogP contribution in [-0.4, -0.2) is 32.8 Å². The van der Waals surface area contributed by atoms with E-state index in [1.54, 1.807) is 12.0 Å². The quantitative estimate of drug-likeness (QED) is 0.795. The highest BCUT2D eigenvalue weighted by atomic mass is 19.1. The Morgan fingerprint density at radius 2 is 1.85 bits per heavy atom. The number of hydrogen-bond acceptors (Lipinski definition) is 3. The summed E-state index contributed by atoms with van der Waals surface area (Å²) in [6.45, 7) is 7.86. The van der Waals surface area contributed by atoms with Crippen LogP contribution in [0.15, 0.2) is 12.1 Å². The number of methoxy groups -OCH3 is 1. The minimum atomic E-state index is -0.525. The fourth-order valence-corrected chi connectivity index (χ4v) is 2.08. The SMILES string of the molecule is CCNCc1cc(F)c(N(CCOC)C(C)C)c(F)c1. The minimum Gasteiger partial charge on any atom is -0.383 e. The Bertz CT molecular complexity index is 401. The molecular weight excluding hydrogens is 262 g/mol. The maximum Gasteiger partial charge on any atom is 0.149 e. The molecule has 1 aromatic carbocycles. The molecule has 0 fully saturated rings. The van der Waals surface area contributed by atoms with E-state index < -0.39 is 11.6 Å². The molecule has 0 radical (unpaired) electrons. The van der Waals surface area contributed by atoms with Crippen LogP contribution in [0.4, 0.5) is 14.5 Å². The Kier molecular flexibility index (Phi) is 6.88. The maximum absolute atomic E-state index is 14.2. The van der Waals surface area contributed by atoms with Gasteiger partial charge in [-0.1, -0.05) is 6.92 Å². The van der Waals surface area contributed by atoms with Gasteiger partial charge in [0, 0.05) is 26.2 Å². The second kappa shape index (κ2) is 8.17. The summed E-state index contributed by atoms with van der Waals surface area (Å²) in [5.74, 6) is -1.05. The third-order valence-corrected chi connectivity index (χ3v) is 3.10. The van der Waals surface area contributed by atoms with Gasteiger partial charge in [-0.25, -0.2) is 8.78 Å². The molecule has 0 saturated heterocycles. The van der Waals surface area contributed by atoms with E-state index in [0.717, 1.165) is 6.54 Å². The lowest BCUT2D eigenvalue weighted by molar-refractivity contribution is 0.203. The first kappa shape index (κ1) is 16.9. The zero-order valence-corrected chi connectivity index (χ0v) is 12.7. The van der Waals surface area contributed by atoms with Gasteiger partial charge in [-0.3, -0.25) is 0 Å². The van der Waals surface area contributed by atoms with Crippen molar-refractivity contribution in [2.75, 3.05) is 31.7 Å². The maximum atomic E-state index is 14.2. The van der Waals surface area contributed by atoms with Gasteiger partial charge in [-0.05, 0) is 38.1 Å². The van der Waals surface area contributed by atoms with Gasteiger partial charge in [-0.15, -0.1) is 0 Å². The molecule has 5 heteroatoms. The van der Waals surface area contributed by atoms with Crippen LogP contribution in [0.5, 0.6) is 0 Å². The van der Waals surface area contributed by atoms with Gasteiger partial charge >= 0.3 is 0 Å². The van der Waals surface area contributed by atoms with E-state index in [-0.39, 0.29) is 11.7 Å². The molecule has 0 atom stereocenters. The largest absolute Gasteiger partial charge is 0.383 e. The van der Waals surface area contributed by atoms with Crippen molar-refractivity contribution in [3.8, 4) is 0 Å². The van der Waals surface area contributed by atoms with E-state index in [1.807, 2.05) is 20.8 Å². The van der Waals surface area contributed by atoms with E-state index in [4.69, 9.17) is 4.74 Å². The van der Waals surface area contributed by atoms with Crippen molar-refractivity contribution in [2.45, 2.75) is 33.4 Å². The Labute approximate surface area is 119 Å². The number of halogens is 2. The van der Waals surface area contributed by atoms with Crippen LogP contribution < -0.4 is 10.2 Å². The highest BCUT2D eigenvalue weighted by Crippen LogP contribution is 2.26. The zero-order chi connectivity index (χ0) is 15.1. The normalized spacial score (nSPS) is 11.2. The van der Waals surface area contributed by atoms with Crippen LogP contribution in [0.25, 0.3) is 0 Å². The van der Waals surface area contributed by atoms with Gasteiger partial charge in [0.05, 0.1) is 6.61 Å². The topological polar surface area (TPSA) is 24.5 Å². The molecule has 0 saturated carbocycles. The first-order chi connectivity index (χ1) is 9.51. The molecule has 1 rings (SSSR count). The van der Waals surface area contributed by atoms with Crippen LogP contribution in [-0.2, 0) is 11.3 Å². The van der Waals surface area contributed by atoms with E-state index in [0.29, 0.717) is 25.3 Å². The second-order valence-electron chi connectivity index (χ2n) is 4.97. The lowest BCUT2D eigenvalue weighted by Crippen LogP contribution is -2.35. The molecule has 0 aliphatic heterocycles. The van der Waals surface area contributed by atoms with E-state index in [2.05, 4.69) is 5.32 Å². The summed E-state index contributed by atoms with van der Waals surface area (Å²) in [6, 6.07) is 2.78. The zero-order valence-electron chi connectivity index (χ0n) is 12.7. The molecule has 1 aromatic rings. The van der Waals surface area contributed by atoms with Crippen LogP contribution >= 0.6 is 0 Å². The van der Waals surface area contributed by atoms with Crippen molar-refractivity contribution in [1.29, 1.82) is 0 Å². The van der Waals surface area contributed by atoms with Crippen LogP contribution in [0.3, 0.4) is 0 Å². The predicted molar refractivity (Wildman–Crippen MR) is 78.1 cm³/mol. The molecule has 0 bridgehead atoms. The molecule has 0 heterocycles. The second-order valence-corrected chi connectivity index (χ2v) is 4.97. The molecule has 0 aliphatic carbocycles. The van der Waals surface area contributed by atoms with Crippen LogP contribution in [0, 0.1) is 11.6 Å². The summed E-state index contributed by atoms with van der Waals surface area (Å²) in [5.41, 5.74) is 0.637. The number of nitrogens with one attached hydrogen (secondary N) is 1. The number of benzene rings is 1. The molecule has 3 nitrogen and oxygen atoms in total. The van der Waals surface area contributed by atoms with Crippen molar-refractivity contribution >= 4 is 5.69 Å². The first-order valence-electron chi connectivity index (χ1n) is 6.95. The molecule has 0 unspecified atom stereocenters. The fourth-order valence-electron chi connectivity index (χ4n) is 2.08. The van der Waals surface area contributed by atoms with E-state index in [1.165, 1.54) is 12.1 Å². The summed E-state index contributed by atoms with van der Waals surface area (Å²) < 4.78 is 33.5. The Morgan fingerprint density at radius 3 is 2.30 bits per heavy atom. The summed E-state index contributed by atoms with van der Waals surface area (Å²) in [6.07, 6.45) is 0. The first-order valence-corrected chi connectivity index (χ1v) is 6.95. The van der Waals surface area contributed by atoms with Gasteiger partial charge < -0.3 is 15.0 Å². The van der Waals surface area contributed by atoms with E-state index in [9.17, 15) is 8.78 Å². The van der Waals surface area contributed by atoms with Crippen molar-refractivity contribution < 1.29 is 13.5 Å². The molecule has 114 valence electrons. The van der Waals surface area contributed by atoms with Gasteiger partial charge in [0.15, 0.2) is 0 Å². The highest BCUT2D eigenvalue weighted by Gasteiger charge is 2.20. The molecule has 20 heavy (non-hydrogen) atoms. The summed E-state index contributed by atoms with van der Waals surface area (Å²) >= 11 is 0. The monoisotopic (exact) mass is 286 g/mol. The number of ether oxygens (including phenoxy) is 1.